The SMILES string of the molecule is CC(=O)N(CC(=O)Nc1cccc(C#N)c1)c1cccc(Cl)c1Cl. The minimum atomic E-state index is -0.420. The van der Waals surface area contributed by atoms with Crippen LogP contribution in [0.3, 0.4) is 0 Å². The second-order valence-corrected chi connectivity index (χ2v) is 5.70. The first-order valence-electron chi connectivity index (χ1n) is 6.94. The maximum Gasteiger partial charge on any atom is 0.244 e. The van der Waals surface area contributed by atoms with Crippen molar-refractivity contribution in [2.24, 2.45) is 0 Å². The highest BCUT2D eigenvalue weighted by molar-refractivity contribution is 6.44. The zero-order valence-corrected chi connectivity index (χ0v) is 14.2. The monoisotopic (exact) mass is 361 g/mol. The minimum absolute atomic E-state index is 0.202. The molecule has 0 aliphatic rings. The second kappa shape index (κ2) is 7.82. The van der Waals surface area contributed by atoms with Gasteiger partial charge in [-0.05, 0) is 30.3 Å². The molecule has 0 spiro atoms. The number of nitrogens with zero attached hydrogens (tertiary/aromatic N) is 2. The maximum atomic E-state index is 12.2. The van der Waals surface area contributed by atoms with Crippen LogP contribution in [0.2, 0.25) is 10.0 Å². The molecular weight excluding hydrogens is 349 g/mol. The molecule has 0 atom stereocenters. The summed E-state index contributed by atoms with van der Waals surface area (Å²) in [6, 6.07) is 13.3. The first kappa shape index (κ1) is 17.8. The summed E-state index contributed by atoms with van der Waals surface area (Å²) in [5, 5.41) is 12.0. The topological polar surface area (TPSA) is 73.2 Å². The van der Waals surface area contributed by atoms with Crippen LogP contribution >= 0.6 is 23.2 Å². The lowest BCUT2D eigenvalue weighted by molar-refractivity contribution is -0.120. The van der Waals surface area contributed by atoms with E-state index in [0.29, 0.717) is 22.0 Å². The van der Waals surface area contributed by atoms with Gasteiger partial charge in [0, 0.05) is 12.6 Å². The fourth-order valence-electron chi connectivity index (χ4n) is 2.08. The van der Waals surface area contributed by atoms with Crippen molar-refractivity contribution in [3.05, 3.63) is 58.1 Å². The van der Waals surface area contributed by atoms with Crippen molar-refractivity contribution in [3.8, 4) is 6.07 Å². The van der Waals surface area contributed by atoms with Crippen molar-refractivity contribution < 1.29 is 9.59 Å². The Morgan fingerprint density at radius 1 is 1.21 bits per heavy atom. The fraction of sp³-hybridized carbons (Fsp3) is 0.118. The van der Waals surface area contributed by atoms with Gasteiger partial charge in [0.05, 0.1) is 27.4 Å². The largest absolute Gasteiger partial charge is 0.324 e. The molecule has 5 nitrogen and oxygen atoms in total. The third-order valence-corrected chi connectivity index (χ3v) is 3.99. The number of nitriles is 1. The number of hydrogen-bond donors (Lipinski definition) is 1. The Balaban J connectivity index is 2.19. The van der Waals surface area contributed by atoms with Crippen LogP contribution in [0.15, 0.2) is 42.5 Å². The number of halogens is 2. The van der Waals surface area contributed by atoms with E-state index in [1.54, 1.807) is 42.5 Å². The summed E-state index contributed by atoms with van der Waals surface area (Å²) in [6.45, 7) is 1.10. The number of hydrogen-bond acceptors (Lipinski definition) is 3. The summed E-state index contributed by atoms with van der Waals surface area (Å²) < 4.78 is 0. The van der Waals surface area contributed by atoms with Crippen molar-refractivity contribution in [2.45, 2.75) is 6.92 Å². The number of carbonyl (C=O) groups is 2. The summed E-state index contributed by atoms with van der Waals surface area (Å²) in [6.07, 6.45) is 0. The Morgan fingerprint density at radius 2 is 1.92 bits per heavy atom. The Bertz CT molecular complexity index is 831. The number of anilines is 2. The fourth-order valence-corrected chi connectivity index (χ4v) is 2.48. The van der Waals surface area contributed by atoms with Crippen LogP contribution in [-0.4, -0.2) is 18.4 Å². The molecule has 0 aliphatic carbocycles. The van der Waals surface area contributed by atoms with Crippen molar-refractivity contribution in [1.29, 1.82) is 5.26 Å². The lowest BCUT2D eigenvalue weighted by atomic mass is 10.2. The van der Waals surface area contributed by atoms with E-state index in [0.717, 1.165) is 0 Å². The molecule has 0 bridgehead atoms. The van der Waals surface area contributed by atoms with E-state index < -0.39 is 5.91 Å². The number of rotatable bonds is 4. The van der Waals surface area contributed by atoms with Gasteiger partial charge in [0.25, 0.3) is 0 Å². The summed E-state index contributed by atoms with van der Waals surface area (Å²) in [7, 11) is 0. The maximum absolute atomic E-state index is 12.2. The molecule has 0 heterocycles. The summed E-state index contributed by atoms with van der Waals surface area (Å²) in [4.78, 5) is 25.4. The van der Waals surface area contributed by atoms with Gasteiger partial charge in [-0.15, -0.1) is 0 Å². The van der Waals surface area contributed by atoms with Crippen LogP contribution in [0.1, 0.15) is 12.5 Å². The van der Waals surface area contributed by atoms with E-state index in [4.69, 9.17) is 28.5 Å². The molecule has 0 fully saturated rings. The molecule has 2 amide bonds. The molecule has 0 unspecified atom stereocenters. The van der Waals surface area contributed by atoms with E-state index >= 15 is 0 Å². The van der Waals surface area contributed by atoms with Gasteiger partial charge in [0.2, 0.25) is 11.8 Å². The predicted molar refractivity (Wildman–Crippen MR) is 94.3 cm³/mol. The van der Waals surface area contributed by atoms with Gasteiger partial charge in [-0.1, -0.05) is 35.3 Å². The van der Waals surface area contributed by atoms with Gasteiger partial charge >= 0.3 is 0 Å². The van der Waals surface area contributed by atoms with Crippen molar-refractivity contribution in [3.63, 3.8) is 0 Å². The van der Waals surface area contributed by atoms with Gasteiger partial charge in [-0.3, -0.25) is 9.59 Å². The van der Waals surface area contributed by atoms with Crippen molar-refractivity contribution in [2.75, 3.05) is 16.8 Å². The molecule has 0 saturated carbocycles. The second-order valence-electron chi connectivity index (χ2n) is 4.92. The van der Waals surface area contributed by atoms with Crippen LogP contribution in [0.5, 0.6) is 0 Å². The average molecular weight is 362 g/mol. The lowest BCUT2D eigenvalue weighted by Crippen LogP contribution is -2.36. The van der Waals surface area contributed by atoms with E-state index in [1.807, 2.05) is 6.07 Å². The molecule has 0 aliphatic heterocycles. The Morgan fingerprint density at radius 3 is 2.58 bits per heavy atom. The molecular formula is C17H13Cl2N3O2. The quantitative estimate of drug-likeness (QED) is 0.898. The molecule has 1 N–H and O–H groups in total. The van der Waals surface area contributed by atoms with Crippen LogP contribution in [0, 0.1) is 11.3 Å². The van der Waals surface area contributed by atoms with E-state index in [-0.39, 0.29) is 17.5 Å². The first-order valence-corrected chi connectivity index (χ1v) is 7.70. The predicted octanol–water partition coefficient (Wildman–Crippen LogP) is 3.86. The molecule has 0 saturated heterocycles. The molecule has 122 valence electrons. The van der Waals surface area contributed by atoms with E-state index in [1.165, 1.54) is 11.8 Å². The molecule has 7 heteroatoms. The standard InChI is InChI=1S/C17H13Cl2N3O2/c1-11(23)22(15-7-3-6-14(18)17(15)19)10-16(24)21-13-5-2-4-12(8-13)9-20/h2-8H,10H2,1H3,(H,21,24). The van der Waals surface area contributed by atoms with E-state index in [9.17, 15) is 9.59 Å². The summed E-state index contributed by atoms with van der Waals surface area (Å²) in [5.74, 6) is -0.767. The highest BCUT2D eigenvalue weighted by atomic mass is 35.5. The molecule has 0 aromatic heterocycles. The lowest BCUT2D eigenvalue weighted by Gasteiger charge is -2.22. The molecule has 0 radical (unpaired) electrons. The van der Waals surface area contributed by atoms with Gasteiger partial charge in [-0.2, -0.15) is 5.26 Å². The first-order chi connectivity index (χ1) is 11.4. The van der Waals surface area contributed by atoms with Gasteiger partial charge < -0.3 is 10.2 Å². The number of nitrogens with one attached hydrogen (secondary N) is 1. The van der Waals surface area contributed by atoms with Gasteiger partial charge in [0.1, 0.15) is 6.54 Å². The minimum Gasteiger partial charge on any atom is -0.324 e. The third kappa shape index (κ3) is 4.25. The molecule has 24 heavy (non-hydrogen) atoms. The van der Waals surface area contributed by atoms with E-state index in [2.05, 4.69) is 5.32 Å². The summed E-state index contributed by atoms with van der Waals surface area (Å²) >= 11 is 12.1. The van der Waals surface area contributed by atoms with Crippen molar-refractivity contribution >= 4 is 46.4 Å². The number of benzene rings is 2. The van der Waals surface area contributed by atoms with Crippen LogP contribution in [-0.2, 0) is 9.59 Å². The van der Waals surface area contributed by atoms with Gasteiger partial charge in [-0.25, -0.2) is 0 Å². The van der Waals surface area contributed by atoms with Crippen molar-refractivity contribution in [1.82, 2.24) is 0 Å². The highest BCUT2D eigenvalue weighted by Crippen LogP contribution is 2.32. The third-order valence-electron chi connectivity index (χ3n) is 3.18. The molecule has 2 rings (SSSR count). The van der Waals surface area contributed by atoms with Crippen LogP contribution < -0.4 is 10.2 Å². The van der Waals surface area contributed by atoms with Crippen LogP contribution in [0.25, 0.3) is 0 Å². The smallest absolute Gasteiger partial charge is 0.244 e. The number of carbonyl (C=O) groups excluding carboxylic acids is 2. The Hall–Kier alpha value is -2.55. The Kier molecular flexibility index (Phi) is 5.80. The normalized spacial score (nSPS) is 9.92. The zero-order valence-electron chi connectivity index (χ0n) is 12.7. The molecule has 2 aromatic rings. The Labute approximate surface area is 149 Å². The van der Waals surface area contributed by atoms with Crippen LogP contribution in [0.4, 0.5) is 11.4 Å². The number of amides is 2. The van der Waals surface area contributed by atoms with Gasteiger partial charge in [0.15, 0.2) is 0 Å². The zero-order chi connectivity index (χ0) is 17.7. The summed E-state index contributed by atoms with van der Waals surface area (Å²) in [5.41, 5.74) is 1.26. The molecule has 2 aromatic carbocycles. The average Bonchev–Trinajstić information content (AvgIpc) is 2.55. The highest BCUT2D eigenvalue weighted by Gasteiger charge is 2.19.